The summed E-state index contributed by atoms with van der Waals surface area (Å²) in [6.45, 7) is 0. The molecule has 2 aromatic rings. The maximum Gasteiger partial charge on any atom is 0.418 e. The van der Waals surface area contributed by atoms with Gasteiger partial charge in [0.05, 0.1) is 15.6 Å². The van der Waals surface area contributed by atoms with Crippen LogP contribution in [0.2, 0.25) is 10.0 Å². The molecule has 2 rings (SSSR count). The first kappa shape index (κ1) is 16.3. The predicted molar refractivity (Wildman–Crippen MR) is 80.1 cm³/mol. The highest BCUT2D eigenvalue weighted by Gasteiger charge is 2.33. The van der Waals surface area contributed by atoms with Crippen molar-refractivity contribution in [2.75, 3.05) is 5.73 Å². The van der Waals surface area contributed by atoms with Gasteiger partial charge >= 0.3 is 6.18 Å². The minimum absolute atomic E-state index is 0.0446. The summed E-state index contributed by atoms with van der Waals surface area (Å²) in [6.07, 6.45) is -4.56. The number of hydrogen-bond donors (Lipinski definition) is 1. The Balaban J connectivity index is 2.39. The molecular formula is C13H7BrCl2F3NO. The van der Waals surface area contributed by atoms with Crippen molar-refractivity contribution < 1.29 is 17.9 Å². The summed E-state index contributed by atoms with van der Waals surface area (Å²) in [4.78, 5) is 0. The van der Waals surface area contributed by atoms with Crippen molar-refractivity contribution >= 4 is 44.8 Å². The van der Waals surface area contributed by atoms with E-state index < -0.39 is 11.7 Å². The maximum absolute atomic E-state index is 12.8. The van der Waals surface area contributed by atoms with Crippen LogP contribution in [0.5, 0.6) is 11.5 Å². The minimum Gasteiger partial charge on any atom is -0.456 e. The Morgan fingerprint density at radius 2 is 1.71 bits per heavy atom. The summed E-state index contributed by atoms with van der Waals surface area (Å²) in [7, 11) is 0. The maximum atomic E-state index is 12.8. The second-order valence-electron chi connectivity index (χ2n) is 4.05. The smallest absolute Gasteiger partial charge is 0.418 e. The van der Waals surface area contributed by atoms with Crippen molar-refractivity contribution in [3.05, 3.63) is 50.4 Å². The van der Waals surface area contributed by atoms with Gasteiger partial charge in [0.15, 0.2) is 0 Å². The lowest BCUT2D eigenvalue weighted by atomic mass is 10.1. The molecule has 8 heteroatoms. The van der Waals surface area contributed by atoms with Crippen molar-refractivity contribution in [3.63, 3.8) is 0 Å². The number of ether oxygens (including phenoxy) is 1. The molecule has 0 spiro atoms. The monoisotopic (exact) mass is 399 g/mol. The average Bonchev–Trinajstić information content (AvgIpc) is 2.37. The van der Waals surface area contributed by atoms with Gasteiger partial charge in [0.2, 0.25) is 0 Å². The molecule has 0 atom stereocenters. The number of rotatable bonds is 2. The van der Waals surface area contributed by atoms with Crippen molar-refractivity contribution in [2.45, 2.75) is 6.18 Å². The van der Waals surface area contributed by atoms with Crippen LogP contribution in [0.4, 0.5) is 18.9 Å². The normalized spacial score (nSPS) is 11.5. The molecule has 0 radical (unpaired) electrons. The lowest BCUT2D eigenvalue weighted by Gasteiger charge is -2.13. The molecule has 0 fully saturated rings. The Labute approximate surface area is 136 Å². The van der Waals surface area contributed by atoms with Crippen molar-refractivity contribution in [1.29, 1.82) is 0 Å². The molecule has 0 saturated heterocycles. The van der Waals surface area contributed by atoms with E-state index in [0.29, 0.717) is 9.50 Å². The fourth-order valence-corrected chi connectivity index (χ4v) is 2.38. The summed E-state index contributed by atoms with van der Waals surface area (Å²) in [5.41, 5.74) is 3.96. The number of nitrogen functional groups attached to an aromatic ring is 1. The van der Waals surface area contributed by atoms with Gasteiger partial charge in [0.1, 0.15) is 11.5 Å². The highest BCUT2D eigenvalue weighted by molar-refractivity contribution is 9.10. The van der Waals surface area contributed by atoms with E-state index in [4.69, 9.17) is 33.7 Å². The van der Waals surface area contributed by atoms with Gasteiger partial charge < -0.3 is 10.5 Å². The first-order chi connectivity index (χ1) is 9.68. The summed E-state index contributed by atoms with van der Waals surface area (Å²) >= 11 is 15.0. The van der Waals surface area contributed by atoms with Gasteiger partial charge in [-0.1, -0.05) is 23.2 Å². The van der Waals surface area contributed by atoms with E-state index in [1.807, 2.05) is 0 Å². The Morgan fingerprint density at radius 1 is 1.05 bits per heavy atom. The van der Waals surface area contributed by atoms with E-state index in [2.05, 4.69) is 15.9 Å². The van der Waals surface area contributed by atoms with E-state index in [9.17, 15) is 13.2 Å². The topological polar surface area (TPSA) is 35.2 Å². The van der Waals surface area contributed by atoms with Gasteiger partial charge in [-0.3, -0.25) is 0 Å². The van der Waals surface area contributed by atoms with Crippen LogP contribution < -0.4 is 10.5 Å². The van der Waals surface area contributed by atoms with Gasteiger partial charge in [-0.05, 0) is 40.2 Å². The molecule has 0 amide bonds. The number of anilines is 1. The SMILES string of the molecule is Nc1ccc(Oc2cc(Cl)c(Br)cc2Cl)cc1C(F)(F)F. The van der Waals surface area contributed by atoms with Gasteiger partial charge in [0.25, 0.3) is 0 Å². The average molecular weight is 401 g/mol. The van der Waals surface area contributed by atoms with Crippen LogP contribution in [0.3, 0.4) is 0 Å². The Hall–Kier alpha value is -1.11. The molecule has 0 saturated carbocycles. The number of alkyl halides is 3. The highest BCUT2D eigenvalue weighted by atomic mass is 79.9. The van der Waals surface area contributed by atoms with E-state index in [1.54, 1.807) is 0 Å². The zero-order valence-corrected chi connectivity index (χ0v) is 13.2. The molecule has 2 nitrogen and oxygen atoms in total. The van der Waals surface area contributed by atoms with Crippen LogP contribution in [0, 0.1) is 0 Å². The quantitative estimate of drug-likeness (QED) is 0.484. The standard InChI is InChI=1S/C13H7BrCl2F3NO/c14-8-4-10(16)12(5-9(8)15)21-6-1-2-11(20)7(3-6)13(17,18)19/h1-5H,20H2. The second kappa shape index (κ2) is 5.94. The molecule has 0 bridgehead atoms. The van der Waals surface area contributed by atoms with Gasteiger partial charge in [0, 0.05) is 16.2 Å². The van der Waals surface area contributed by atoms with Crippen molar-refractivity contribution in [1.82, 2.24) is 0 Å². The summed E-state index contributed by atoms with van der Waals surface area (Å²) in [6, 6.07) is 6.13. The molecule has 0 heterocycles. The van der Waals surface area contributed by atoms with Gasteiger partial charge in [-0.2, -0.15) is 13.2 Å². The van der Waals surface area contributed by atoms with E-state index in [-0.39, 0.29) is 22.2 Å². The van der Waals surface area contributed by atoms with Crippen molar-refractivity contribution in [3.8, 4) is 11.5 Å². The molecular weight excluding hydrogens is 394 g/mol. The Bertz CT molecular complexity index is 692. The first-order valence-electron chi connectivity index (χ1n) is 5.47. The Morgan fingerprint density at radius 3 is 2.33 bits per heavy atom. The van der Waals surface area contributed by atoms with Crippen LogP contribution >= 0.6 is 39.1 Å². The lowest BCUT2D eigenvalue weighted by molar-refractivity contribution is -0.137. The predicted octanol–water partition coefficient (Wildman–Crippen LogP) is 6.15. The molecule has 0 aliphatic rings. The van der Waals surface area contributed by atoms with E-state index in [1.165, 1.54) is 18.2 Å². The molecule has 112 valence electrons. The van der Waals surface area contributed by atoms with Crippen molar-refractivity contribution in [2.24, 2.45) is 0 Å². The third-order valence-electron chi connectivity index (χ3n) is 2.53. The molecule has 21 heavy (non-hydrogen) atoms. The van der Waals surface area contributed by atoms with Crippen LogP contribution in [-0.2, 0) is 6.18 Å². The molecule has 0 aromatic heterocycles. The van der Waals surface area contributed by atoms with Crippen LogP contribution in [0.25, 0.3) is 0 Å². The largest absolute Gasteiger partial charge is 0.456 e. The Kier molecular flexibility index (Phi) is 4.60. The van der Waals surface area contributed by atoms with Crippen LogP contribution in [0.1, 0.15) is 5.56 Å². The third-order valence-corrected chi connectivity index (χ3v) is 4.03. The van der Waals surface area contributed by atoms with Gasteiger partial charge in [-0.15, -0.1) is 0 Å². The molecule has 0 aliphatic carbocycles. The third kappa shape index (κ3) is 3.75. The van der Waals surface area contributed by atoms with Gasteiger partial charge in [-0.25, -0.2) is 0 Å². The first-order valence-corrected chi connectivity index (χ1v) is 7.02. The van der Waals surface area contributed by atoms with E-state index in [0.717, 1.165) is 12.1 Å². The number of hydrogen-bond acceptors (Lipinski definition) is 2. The highest BCUT2D eigenvalue weighted by Crippen LogP contribution is 2.39. The minimum atomic E-state index is -4.56. The van der Waals surface area contributed by atoms with E-state index >= 15 is 0 Å². The van der Waals surface area contributed by atoms with Crippen LogP contribution in [-0.4, -0.2) is 0 Å². The van der Waals surface area contributed by atoms with Crippen LogP contribution in [0.15, 0.2) is 34.8 Å². The number of nitrogens with two attached hydrogens (primary N) is 1. The number of halogens is 6. The summed E-state index contributed by atoms with van der Waals surface area (Å²) in [5.74, 6) is 0.0968. The zero-order valence-electron chi connectivity index (χ0n) is 10.1. The summed E-state index contributed by atoms with van der Waals surface area (Å²) in [5, 5.41) is 0.526. The molecule has 2 N–H and O–H groups in total. The molecule has 0 aliphatic heterocycles. The fraction of sp³-hybridized carbons (Fsp3) is 0.0769. The molecule has 0 unspecified atom stereocenters. The number of benzene rings is 2. The fourth-order valence-electron chi connectivity index (χ4n) is 1.55. The summed E-state index contributed by atoms with van der Waals surface area (Å²) < 4.78 is 44.2. The second-order valence-corrected chi connectivity index (χ2v) is 5.71. The molecule has 2 aromatic carbocycles. The lowest BCUT2D eigenvalue weighted by Crippen LogP contribution is -2.08. The zero-order chi connectivity index (χ0) is 15.8.